The molecular formula is C35H39N3O5S. The van der Waals surface area contributed by atoms with Gasteiger partial charge in [-0.05, 0) is 66.9 Å². The summed E-state index contributed by atoms with van der Waals surface area (Å²) in [6.45, 7) is 4.05. The van der Waals surface area contributed by atoms with E-state index in [9.17, 15) is 18.0 Å². The van der Waals surface area contributed by atoms with Crippen LogP contribution in [-0.2, 0) is 26.2 Å². The molecule has 4 aromatic carbocycles. The molecule has 0 bridgehead atoms. The molecule has 9 heteroatoms. The van der Waals surface area contributed by atoms with Gasteiger partial charge in [-0.25, -0.2) is 8.42 Å². The maximum absolute atomic E-state index is 14.2. The number of benzene rings is 4. The van der Waals surface area contributed by atoms with Crippen LogP contribution in [-0.4, -0.2) is 44.3 Å². The Balaban J connectivity index is 1.68. The van der Waals surface area contributed by atoms with Crippen molar-refractivity contribution in [2.24, 2.45) is 0 Å². The zero-order valence-corrected chi connectivity index (χ0v) is 26.0. The minimum atomic E-state index is -4.15. The fourth-order valence-corrected chi connectivity index (χ4v) is 6.19. The lowest BCUT2D eigenvalue weighted by Gasteiger charge is -2.33. The van der Waals surface area contributed by atoms with Crippen LogP contribution in [0, 0.1) is 0 Å². The third-order valence-corrected chi connectivity index (χ3v) is 8.91. The lowest BCUT2D eigenvalue weighted by molar-refractivity contribution is -0.140. The summed E-state index contributed by atoms with van der Waals surface area (Å²) in [5, 5.41) is 2.94. The van der Waals surface area contributed by atoms with Crippen LogP contribution in [0.15, 0.2) is 120 Å². The first-order valence-electron chi connectivity index (χ1n) is 14.8. The highest BCUT2D eigenvalue weighted by Crippen LogP contribution is 2.28. The van der Waals surface area contributed by atoms with Crippen molar-refractivity contribution in [3.05, 3.63) is 121 Å². The van der Waals surface area contributed by atoms with Gasteiger partial charge in [0.1, 0.15) is 24.1 Å². The zero-order chi connectivity index (χ0) is 31.4. The molecule has 8 nitrogen and oxygen atoms in total. The van der Waals surface area contributed by atoms with Crippen molar-refractivity contribution < 1.29 is 22.7 Å². The van der Waals surface area contributed by atoms with E-state index in [1.807, 2.05) is 74.5 Å². The van der Waals surface area contributed by atoms with Crippen LogP contribution < -0.4 is 14.4 Å². The number of carbonyl (C=O) groups excluding carboxylic acids is 2. The summed E-state index contributed by atoms with van der Waals surface area (Å²) in [6.07, 6.45) is 2.11. The van der Waals surface area contributed by atoms with Gasteiger partial charge in [0.05, 0.1) is 10.6 Å². The minimum Gasteiger partial charge on any atom is -0.457 e. The highest BCUT2D eigenvalue weighted by Gasteiger charge is 2.33. The molecule has 1 N–H and O–H groups in total. The fourth-order valence-electron chi connectivity index (χ4n) is 4.76. The largest absolute Gasteiger partial charge is 0.457 e. The van der Waals surface area contributed by atoms with Crippen molar-refractivity contribution in [2.75, 3.05) is 17.4 Å². The predicted molar refractivity (Wildman–Crippen MR) is 173 cm³/mol. The summed E-state index contributed by atoms with van der Waals surface area (Å²) in [7, 11) is -4.15. The van der Waals surface area contributed by atoms with Crippen LogP contribution in [0.2, 0.25) is 0 Å². The molecule has 0 heterocycles. The number of unbranched alkanes of at least 4 members (excludes halogenated alkanes) is 1. The summed E-state index contributed by atoms with van der Waals surface area (Å²) in [6, 6.07) is 32.4. The van der Waals surface area contributed by atoms with Crippen molar-refractivity contribution >= 4 is 27.5 Å². The van der Waals surface area contributed by atoms with Crippen LogP contribution in [0.4, 0.5) is 5.69 Å². The normalized spacial score (nSPS) is 11.8. The summed E-state index contributed by atoms with van der Waals surface area (Å²) in [4.78, 5) is 29.0. The van der Waals surface area contributed by atoms with Gasteiger partial charge in [-0.1, -0.05) is 87.0 Å². The van der Waals surface area contributed by atoms with E-state index in [-0.39, 0.29) is 17.3 Å². The van der Waals surface area contributed by atoms with Crippen molar-refractivity contribution in [1.82, 2.24) is 10.2 Å². The molecule has 0 aromatic heterocycles. The second kappa shape index (κ2) is 15.7. The van der Waals surface area contributed by atoms with E-state index in [0.29, 0.717) is 30.2 Å². The van der Waals surface area contributed by atoms with Gasteiger partial charge in [-0.15, -0.1) is 0 Å². The summed E-state index contributed by atoms with van der Waals surface area (Å²) in [5.41, 5.74) is 1.13. The number of nitrogens with one attached hydrogen (secondary N) is 1. The van der Waals surface area contributed by atoms with Crippen molar-refractivity contribution in [1.29, 1.82) is 0 Å². The molecule has 0 aliphatic rings. The first-order valence-corrected chi connectivity index (χ1v) is 16.3. The highest BCUT2D eigenvalue weighted by molar-refractivity contribution is 7.92. The van der Waals surface area contributed by atoms with Crippen LogP contribution in [0.1, 0.15) is 38.7 Å². The molecule has 0 radical (unpaired) electrons. The van der Waals surface area contributed by atoms with E-state index in [1.54, 1.807) is 42.5 Å². The molecule has 230 valence electrons. The van der Waals surface area contributed by atoms with Crippen LogP contribution in [0.3, 0.4) is 0 Å². The summed E-state index contributed by atoms with van der Waals surface area (Å²) >= 11 is 0. The average molecular weight is 614 g/mol. The van der Waals surface area contributed by atoms with Gasteiger partial charge in [0.25, 0.3) is 10.0 Å². The van der Waals surface area contributed by atoms with E-state index in [0.717, 1.165) is 22.7 Å². The minimum absolute atomic E-state index is 0.0522. The lowest BCUT2D eigenvalue weighted by Crippen LogP contribution is -2.52. The maximum atomic E-state index is 14.2. The number of sulfonamides is 1. The van der Waals surface area contributed by atoms with Crippen LogP contribution in [0.25, 0.3) is 0 Å². The van der Waals surface area contributed by atoms with Gasteiger partial charge in [-0.2, -0.15) is 0 Å². The first-order chi connectivity index (χ1) is 21.3. The maximum Gasteiger partial charge on any atom is 0.264 e. The Morgan fingerprint density at radius 2 is 1.34 bits per heavy atom. The third kappa shape index (κ3) is 8.48. The Kier molecular flexibility index (Phi) is 11.5. The summed E-state index contributed by atoms with van der Waals surface area (Å²) in [5.74, 6) is 0.410. The Morgan fingerprint density at radius 1 is 0.773 bits per heavy atom. The van der Waals surface area contributed by atoms with Crippen molar-refractivity contribution in [3.8, 4) is 11.5 Å². The van der Waals surface area contributed by atoms with Gasteiger partial charge in [-0.3, -0.25) is 13.9 Å². The van der Waals surface area contributed by atoms with Gasteiger partial charge < -0.3 is 15.0 Å². The third-order valence-electron chi connectivity index (χ3n) is 7.12. The zero-order valence-electron chi connectivity index (χ0n) is 25.1. The first kappa shape index (κ1) is 32.3. The molecule has 0 unspecified atom stereocenters. The summed E-state index contributed by atoms with van der Waals surface area (Å²) < 4.78 is 35.0. The van der Waals surface area contributed by atoms with Gasteiger partial charge in [0.15, 0.2) is 0 Å². The molecule has 0 saturated heterocycles. The van der Waals surface area contributed by atoms with E-state index in [2.05, 4.69) is 5.32 Å². The molecule has 4 aromatic rings. The molecule has 0 fully saturated rings. The van der Waals surface area contributed by atoms with Crippen molar-refractivity contribution in [2.45, 2.75) is 50.6 Å². The van der Waals surface area contributed by atoms with E-state index >= 15 is 0 Å². The van der Waals surface area contributed by atoms with Gasteiger partial charge >= 0.3 is 0 Å². The Hall–Kier alpha value is -4.63. The molecule has 0 saturated carbocycles. The monoisotopic (exact) mass is 613 g/mol. The highest BCUT2D eigenvalue weighted by atomic mass is 32.2. The number of rotatable bonds is 15. The molecule has 1 atom stereocenters. The second-order valence-corrected chi connectivity index (χ2v) is 12.2. The number of para-hydroxylation sites is 1. The number of amides is 2. The predicted octanol–water partition coefficient (Wildman–Crippen LogP) is 6.40. The number of nitrogens with zero attached hydrogens (tertiary/aromatic N) is 2. The van der Waals surface area contributed by atoms with E-state index < -0.39 is 28.5 Å². The van der Waals surface area contributed by atoms with E-state index in [4.69, 9.17) is 4.74 Å². The molecular weight excluding hydrogens is 574 g/mol. The Labute approximate surface area is 260 Å². The molecule has 0 spiro atoms. The Bertz CT molecular complexity index is 1580. The van der Waals surface area contributed by atoms with Gasteiger partial charge in [0.2, 0.25) is 11.8 Å². The van der Waals surface area contributed by atoms with Crippen LogP contribution >= 0.6 is 0 Å². The molecule has 4 rings (SSSR count). The molecule has 0 aliphatic carbocycles. The number of carbonyl (C=O) groups is 2. The number of anilines is 1. The molecule has 44 heavy (non-hydrogen) atoms. The standard InChI is InChI=1S/C35H39N3O5S/c1-3-5-25-36-35(40)33(4-2)37(26-28-15-9-6-10-16-28)34(39)27-38(44(41,42)32-19-13-8-14-20-32)29-21-23-31(24-22-29)43-30-17-11-7-12-18-30/h6-24,33H,3-5,25-27H2,1-2H3,(H,36,40)/t33-/m1/s1. The second-order valence-electron chi connectivity index (χ2n) is 10.3. The van der Waals surface area contributed by atoms with Gasteiger partial charge in [0, 0.05) is 13.1 Å². The quantitative estimate of drug-likeness (QED) is 0.157. The molecule has 0 aliphatic heterocycles. The average Bonchev–Trinajstić information content (AvgIpc) is 3.05. The number of ether oxygens (including phenoxy) is 1. The van der Waals surface area contributed by atoms with E-state index in [1.165, 1.54) is 17.0 Å². The molecule has 2 amide bonds. The van der Waals surface area contributed by atoms with Crippen molar-refractivity contribution in [3.63, 3.8) is 0 Å². The smallest absolute Gasteiger partial charge is 0.264 e. The number of hydrogen-bond acceptors (Lipinski definition) is 5. The van der Waals surface area contributed by atoms with Crippen LogP contribution in [0.5, 0.6) is 11.5 Å². The number of hydrogen-bond donors (Lipinski definition) is 1. The topological polar surface area (TPSA) is 96.0 Å². The SMILES string of the molecule is CCCCNC(=O)[C@@H](CC)N(Cc1ccccc1)C(=O)CN(c1ccc(Oc2ccccc2)cc1)S(=O)(=O)c1ccccc1. The lowest BCUT2D eigenvalue weighted by atomic mass is 10.1. The Morgan fingerprint density at radius 3 is 1.93 bits per heavy atom. The fraction of sp³-hybridized carbons (Fsp3) is 0.257.